The lowest BCUT2D eigenvalue weighted by atomic mass is 9.95. The largest absolute Gasteiger partial charge is 0.378 e. The van der Waals surface area contributed by atoms with Crippen molar-refractivity contribution in [2.75, 3.05) is 20.2 Å². The van der Waals surface area contributed by atoms with Crippen LogP contribution < -0.4 is 5.32 Å². The van der Waals surface area contributed by atoms with Gasteiger partial charge in [0.2, 0.25) is 5.91 Å². The van der Waals surface area contributed by atoms with Gasteiger partial charge in [-0.1, -0.05) is 51.1 Å². The molecule has 0 aliphatic carbocycles. The summed E-state index contributed by atoms with van der Waals surface area (Å²) in [7, 11) is 2.00. The highest BCUT2D eigenvalue weighted by Gasteiger charge is 2.29. The van der Waals surface area contributed by atoms with Crippen molar-refractivity contribution in [2.45, 2.75) is 58.2 Å². The first kappa shape index (κ1) is 18.9. The summed E-state index contributed by atoms with van der Waals surface area (Å²) in [6, 6.07) is 10.0. The van der Waals surface area contributed by atoms with Gasteiger partial charge < -0.3 is 10.1 Å². The molecule has 0 bridgehead atoms. The van der Waals surface area contributed by atoms with Gasteiger partial charge >= 0.3 is 0 Å². The van der Waals surface area contributed by atoms with E-state index in [1.165, 1.54) is 0 Å². The Bertz CT molecular complexity index is 504. The van der Waals surface area contributed by atoms with Crippen molar-refractivity contribution in [3.63, 3.8) is 0 Å². The quantitative estimate of drug-likeness (QED) is 0.832. The predicted octanol–water partition coefficient (Wildman–Crippen LogP) is 3.39. The summed E-state index contributed by atoms with van der Waals surface area (Å²) in [4.78, 5) is 15.0. The van der Waals surface area contributed by atoms with Crippen molar-refractivity contribution in [3.8, 4) is 0 Å². The van der Waals surface area contributed by atoms with Gasteiger partial charge in [-0.05, 0) is 44.3 Å². The summed E-state index contributed by atoms with van der Waals surface area (Å²) in [6.45, 7) is 8.08. The number of carbonyl (C=O) groups is 1. The Balaban J connectivity index is 2.02. The van der Waals surface area contributed by atoms with E-state index in [0.717, 1.165) is 38.0 Å². The molecule has 1 aliphatic rings. The van der Waals surface area contributed by atoms with E-state index in [4.69, 9.17) is 4.74 Å². The Hall–Kier alpha value is -1.39. The van der Waals surface area contributed by atoms with Crippen molar-refractivity contribution in [3.05, 3.63) is 35.9 Å². The van der Waals surface area contributed by atoms with Gasteiger partial charge in [-0.15, -0.1) is 0 Å². The van der Waals surface area contributed by atoms with Crippen molar-refractivity contribution in [2.24, 2.45) is 5.92 Å². The maximum absolute atomic E-state index is 12.9. The fourth-order valence-electron chi connectivity index (χ4n) is 3.41. The molecule has 1 N–H and O–H groups in total. The molecule has 134 valence electrons. The third kappa shape index (κ3) is 5.32. The second-order valence-corrected chi connectivity index (χ2v) is 7.24. The Labute approximate surface area is 146 Å². The lowest BCUT2D eigenvalue weighted by Crippen LogP contribution is -2.47. The van der Waals surface area contributed by atoms with Gasteiger partial charge in [-0.3, -0.25) is 9.69 Å². The Morgan fingerprint density at radius 2 is 2.04 bits per heavy atom. The number of hydrogen-bond acceptors (Lipinski definition) is 3. The van der Waals surface area contributed by atoms with Crippen LogP contribution in [0.2, 0.25) is 0 Å². The Morgan fingerprint density at radius 3 is 2.67 bits per heavy atom. The molecule has 1 aromatic rings. The number of hydrogen-bond donors (Lipinski definition) is 1. The highest BCUT2D eigenvalue weighted by atomic mass is 16.5. The molecule has 4 heteroatoms. The zero-order chi connectivity index (χ0) is 17.5. The van der Waals surface area contributed by atoms with Crippen LogP contribution in [0.1, 0.15) is 51.6 Å². The van der Waals surface area contributed by atoms with Gasteiger partial charge in [0, 0.05) is 12.6 Å². The van der Waals surface area contributed by atoms with Gasteiger partial charge in [-0.25, -0.2) is 0 Å². The fraction of sp³-hybridized carbons (Fsp3) is 0.650. The van der Waals surface area contributed by atoms with E-state index in [-0.39, 0.29) is 24.1 Å². The summed E-state index contributed by atoms with van der Waals surface area (Å²) in [5, 5.41) is 3.28. The lowest BCUT2D eigenvalue weighted by Gasteiger charge is -2.33. The minimum atomic E-state index is -0.234. The Kier molecular flexibility index (Phi) is 7.25. The molecule has 1 amide bonds. The van der Waals surface area contributed by atoms with E-state index in [1.54, 1.807) is 0 Å². The number of likely N-dealkylation sites (N-methyl/N-ethyl adjacent to an activating group) is 1. The van der Waals surface area contributed by atoms with E-state index in [1.807, 2.05) is 37.4 Å². The van der Waals surface area contributed by atoms with Crippen molar-refractivity contribution >= 4 is 5.91 Å². The zero-order valence-corrected chi connectivity index (χ0v) is 15.5. The summed E-state index contributed by atoms with van der Waals surface area (Å²) < 4.78 is 5.85. The van der Waals surface area contributed by atoms with Gasteiger partial charge in [0.15, 0.2) is 0 Å². The van der Waals surface area contributed by atoms with Crippen LogP contribution in [0, 0.1) is 5.92 Å². The van der Waals surface area contributed by atoms with Gasteiger partial charge in [0.1, 0.15) is 6.04 Å². The molecule has 3 atom stereocenters. The van der Waals surface area contributed by atoms with Crippen LogP contribution in [0.4, 0.5) is 0 Å². The number of rotatable bonds is 7. The minimum Gasteiger partial charge on any atom is -0.378 e. The SMILES string of the molecule is CCN(C)[C@H](C(=O)N[C@@H]1CCO[C@@H](CC(C)C)C1)c1ccccc1. The van der Waals surface area contributed by atoms with Crippen LogP contribution in [-0.4, -0.2) is 43.2 Å². The zero-order valence-electron chi connectivity index (χ0n) is 15.5. The molecule has 1 heterocycles. The summed E-state index contributed by atoms with van der Waals surface area (Å²) in [5.41, 5.74) is 1.05. The number of amides is 1. The number of nitrogens with one attached hydrogen (secondary N) is 1. The second kappa shape index (κ2) is 9.19. The molecule has 2 rings (SSSR count). The van der Waals surface area contributed by atoms with Crippen molar-refractivity contribution in [1.29, 1.82) is 0 Å². The van der Waals surface area contributed by atoms with Crippen molar-refractivity contribution < 1.29 is 9.53 Å². The predicted molar refractivity (Wildman–Crippen MR) is 97.8 cm³/mol. The van der Waals surface area contributed by atoms with E-state index in [2.05, 4.69) is 31.0 Å². The molecule has 1 saturated heterocycles. The van der Waals surface area contributed by atoms with Crippen LogP contribution in [0.25, 0.3) is 0 Å². The van der Waals surface area contributed by atoms with E-state index < -0.39 is 0 Å². The molecule has 1 aliphatic heterocycles. The van der Waals surface area contributed by atoms with Gasteiger partial charge in [0.05, 0.1) is 6.10 Å². The van der Waals surface area contributed by atoms with Crippen LogP contribution in [0.15, 0.2) is 30.3 Å². The first-order valence-corrected chi connectivity index (χ1v) is 9.18. The van der Waals surface area contributed by atoms with Crippen molar-refractivity contribution in [1.82, 2.24) is 10.2 Å². The van der Waals surface area contributed by atoms with Gasteiger partial charge in [0.25, 0.3) is 0 Å². The molecule has 0 spiro atoms. The van der Waals surface area contributed by atoms with Gasteiger partial charge in [-0.2, -0.15) is 0 Å². The molecular formula is C20H32N2O2. The molecule has 1 aromatic carbocycles. The summed E-state index contributed by atoms with van der Waals surface area (Å²) >= 11 is 0. The molecular weight excluding hydrogens is 300 g/mol. The molecule has 0 radical (unpaired) electrons. The maximum atomic E-state index is 12.9. The number of benzene rings is 1. The lowest BCUT2D eigenvalue weighted by molar-refractivity contribution is -0.128. The van der Waals surface area contributed by atoms with Crippen LogP contribution in [-0.2, 0) is 9.53 Å². The third-order valence-corrected chi connectivity index (χ3v) is 4.75. The highest BCUT2D eigenvalue weighted by molar-refractivity contribution is 5.83. The average Bonchev–Trinajstić information content (AvgIpc) is 2.55. The average molecular weight is 332 g/mol. The van der Waals surface area contributed by atoms with Crippen LogP contribution >= 0.6 is 0 Å². The molecule has 1 fully saturated rings. The Morgan fingerprint density at radius 1 is 1.33 bits per heavy atom. The van der Waals surface area contributed by atoms with Crippen LogP contribution in [0.3, 0.4) is 0 Å². The summed E-state index contributed by atoms with van der Waals surface area (Å²) in [5.74, 6) is 0.716. The molecule has 0 unspecified atom stereocenters. The number of ether oxygens (including phenoxy) is 1. The maximum Gasteiger partial charge on any atom is 0.242 e. The normalized spacial score (nSPS) is 22.6. The second-order valence-electron chi connectivity index (χ2n) is 7.24. The van der Waals surface area contributed by atoms with E-state index in [0.29, 0.717) is 5.92 Å². The number of nitrogens with zero attached hydrogens (tertiary/aromatic N) is 1. The van der Waals surface area contributed by atoms with Crippen LogP contribution in [0.5, 0.6) is 0 Å². The smallest absolute Gasteiger partial charge is 0.242 e. The topological polar surface area (TPSA) is 41.6 Å². The first-order chi connectivity index (χ1) is 11.5. The fourth-order valence-corrected chi connectivity index (χ4v) is 3.41. The monoisotopic (exact) mass is 332 g/mol. The van der Waals surface area contributed by atoms with E-state index in [9.17, 15) is 4.79 Å². The standard InChI is InChI=1S/C20H32N2O2/c1-5-22(4)19(16-9-7-6-8-10-16)20(23)21-17-11-12-24-18(14-17)13-15(2)3/h6-10,15,17-19H,5,11-14H2,1-4H3,(H,21,23)/t17-,18+,19+/m1/s1. The van der Waals surface area contributed by atoms with E-state index >= 15 is 0 Å². The summed E-state index contributed by atoms with van der Waals surface area (Å²) in [6.07, 6.45) is 3.14. The number of carbonyl (C=O) groups excluding carboxylic acids is 1. The third-order valence-electron chi connectivity index (χ3n) is 4.75. The molecule has 0 saturated carbocycles. The minimum absolute atomic E-state index is 0.0979. The first-order valence-electron chi connectivity index (χ1n) is 9.18. The molecule has 4 nitrogen and oxygen atoms in total. The highest BCUT2D eigenvalue weighted by Crippen LogP contribution is 2.23. The molecule has 0 aromatic heterocycles. The molecule has 24 heavy (non-hydrogen) atoms.